The van der Waals surface area contributed by atoms with E-state index in [-0.39, 0.29) is 0 Å². The highest BCUT2D eigenvalue weighted by molar-refractivity contribution is 5.80. The minimum atomic E-state index is -0.958. The van der Waals surface area contributed by atoms with Crippen molar-refractivity contribution in [3.05, 3.63) is 198 Å². The normalized spacial score (nSPS) is 11.8. The summed E-state index contributed by atoms with van der Waals surface area (Å²) in [5, 5.41) is 11.6. The maximum absolute atomic E-state index is 11.6. The highest BCUT2D eigenvalue weighted by Gasteiger charge is 2.16. The Bertz CT molecular complexity index is 2000. The molecule has 0 aliphatic heterocycles. The van der Waals surface area contributed by atoms with Crippen LogP contribution in [0.1, 0.15) is 40.8 Å². The second-order valence-corrected chi connectivity index (χ2v) is 11.7. The highest BCUT2D eigenvalue weighted by atomic mass is 16.5. The van der Waals surface area contributed by atoms with Gasteiger partial charge in [0.05, 0.1) is 6.26 Å². The third kappa shape index (κ3) is 9.31. The first-order valence-electron chi connectivity index (χ1n) is 16.7. The summed E-state index contributed by atoms with van der Waals surface area (Å²) in [5.74, 6) is 2.64. The lowest BCUT2D eigenvalue weighted by Crippen LogP contribution is -2.03. The predicted octanol–water partition coefficient (Wildman–Crippen LogP) is 10.7. The van der Waals surface area contributed by atoms with Crippen LogP contribution < -0.4 is 18.9 Å². The first-order chi connectivity index (χ1) is 24.7. The van der Waals surface area contributed by atoms with Crippen LogP contribution in [0.3, 0.4) is 0 Å². The average molecular weight is 661 g/mol. The number of aliphatic hydroxyl groups is 1. The van der Waals surface area contributed by atoms with E-state index < -0.39 is 6.10 Å². The maximum Gasteiger partial charge on any atom is 0.129 e. The lowest BCUT2D eigenvalue weighted by Gasteiger charge is -2.17. The van der Waals surface area contributed by atoms with Crippen molar-refractivity contribution in [2.45, 2.75) is 32.8 Å². The lowest BCUT2D eigenvalue weighted by molar-refractivity contribution is 0.216. The standard InChI is InChI=1S/C45H40O5/c1-2-28-47-38-24-22-37(42(29-38)40-20-12-13-21-44(40)49-32-35-16-8-4-9-17-35)23-27-43(46)41-26-25-39(48-31-34-14-6-3-7-15-34)30-45(41)50-33-36-18-10-5-11-19-36/h2-30,43,46H,31-33H2,1H3. The van der Waals surface area contributed by atoms with Gasteiger partial charge in [-0.25, -0.2) is 0 Å². The number of hydrogen-bond donors (Lipinski definition) is 1. The topological polar surface area (TPSA) is 57.2 Å². The van der Waals surface area contributed by atoms with Crippen molar-refractivity contribution in [2.24, 2.45) is 0 Å². The van der Waals surface area contributed by atoms with Crippen molar-refractivity contribution in [2.75, 3.05) is 0 Å². The predicted molar refractivity (Wildman–Crippen MR) is 200 cm³/mol. The molecule has 1 atom stereocenters. The monoisotopic (exact) mass is 660 g/mol. The minimum Gasteiger partial charge on any atom is -0.489 e. The van der Waals surface area contributed by atoms with Gasteiger partial charge in [-0.15, -0.1) is 0 Å². The summed E-state index contributed by atoms with van der Waals surface area (Å²) in [6.07, 6.45) is 6.24. The lowest BCUT2D eigenvalue weighted by atomic mass is 9.97. The molecule has 5 heteroatoms. The van der Waals surface area contributed by atoms with Crippen molar-refractivity contribution < 1.29 is 24.1 Å². The smallest absolute Gasteiger partial charge is 0.129 e. The van der Waals surface area contributed by atoms with Gasteiger partial charge < -0.3 is 24.1 Å². The Morgan fingerprint density at radius 3 is 1.74 bits per heavy atom. The molecule has 0 heterocycles. The largest absolute Gasteiger partial charge is 0.489 e. The molecule has 0 radical (unpaired) electrons. The van der Waals surface area contributed by atoms with E-state index in [1.807, 2.05) is 171 Å². The third-order valence-corrected chi connectivity index (χ3v) is 8.03. The Hall–Kier alpha value is -6.04. The van der Waals surface area contributed by atoms with Crippen LogP contribution in [0, 0.1) is 0 Å². The fraction of sp³-hybridized carbons (Fsp3) is 0.111. The molecule has 0 aliphatic carbocycles. The molecule has 0 fully saturated rings. The summed E-state index contributed by atoms with van der Waals surface area (Å²) < 4.78 is 24.6. The molecule has 0 spiro atoms. The van der Waals surface area contributed by atoms with Crippen molar-refractivity contribution in [1.29, 1.82) is 0 Å². The van der Waals surface area contributed by atoms with E-state index in [1.54, 1.807) is 12.3 Å². The zero-order valence-corrected chi connectivity index (χ0v) is 28.0. The van der Waals surface area contributed by atoms with Crippen LogP contribution in [0.2, 0.25) is 0 Å². The summed E-state index contributed by atoms with van der Waals surface area (Å²) in [5.41, 5.74) is 6.51. The van der Waals surface area contributed by atoms with E-state index in [0.29, 0.717) is 42.6 Å². The second kappa shape index (κ2) is 17.4. The van der Waals surface area contributed by atoms with Crippen LogP contribution in [0.25, 0.3) is 17.2 Å². The van der Waals surface area contributed by atoms with Gasteiger partial charge in [-0.05, 0) is 65.1 Å². The molecule has 50 heavy (non-hydrogen) atoms. The molecule has 0 aromatic heterocycles. The third-order valence-electron chi connectivity index (χ3n) is 8.03. The van der Waals surface area contributed by atoms with E-state index >= 15 is 0 Å². The van der Waals surface area contributed by atoms with Crippen LogP contribution in [0.4, 0.5) is 0 Å². The van der Waals surface area contributed by atoms with Gasteiger partial charge in [-0.1, -0.05) is 133 Å². The first kappa shape index (κ1) is 33.8. The van der Waals surface area contributed by atoms with Crippen LogP contribution in [-0.4, -0.2) is 5.11 Å². The quantitative estimate of drug-likeness (QED) is 0.111. The number of ether oxygens (including phenoxy) is 4. The second-order valence-electron chi connectivity index (χ2n) is 11.7. The number of benzene rings is 6. The van der Waals surface area contributed by atoms with Crippen molar-refractivity contribution in [3.8, 4) is 34.1 Å². The Morgan fingerprint density at radius 2 is 1.10 bits per heavy atom. The molecule has 0 saturated carbocycles. The van der Waals surface area contributed by atoms with Gasteiger partial charge in [-0.3, -0.25) is 0 Å². The highest BCUT2D eigenvalue weighted by Crippen LogP contribution is 2.37. The summed E-state index contributed by atoms with van der Waals surface area (Å²) in [6, 6.07) is 49.5. The molecule has 250 valence electrons. The van der Waals surface area contributed by atoms with E-state index in [2.05, 4.69) is 0 Å². The summed E-state index contributed by atoms with van der Waals surface area (Å²) in [6.45, 7) is 3.12. The van der Waals surface area contributed by atoms with Crippen LogP contribution >= 0.6 is 0 Å². The molecule has 1 N–H and O–H groups in total. The molecular formula is C45H40O5. The number of aliphatic hydroxyl groups excluding tert-OH is 1. The van der Waals surface area contributed by atoms with Gasteiger partial charge in [0.2, 0.25) is 0 Å². The van der Waals surface area contributed by atoms with Gasteiger partial charge in [-0.2, -0.15) is 0 Å². The zero-order valence-electron chi connectivity index (χ0n) is 28.0. The maximum atomic E-state index is 11.6. The Kier molecular flexibility index (Phi) is 11.8. The number of para-hydroxylation sites is 1. The minimum absolute atomic E-state index is 0.351. The van der Waals surface area contributed by atoms with Gasteiger partial charge in [0.1, 0.15) is 48.9 Å². The van der Waals surface area contributed by atoms with Crippen molar-refractivity contribution in [3.63, 3.8) is 0 Å². The Balaban J connectivity index is 1.29. The number of hydrogen-bond acceptors (Lipinski definition) is 5. The molecule has 1 unspecified atom stereocenters. The SMILES string of the molecule is CC=COc1ccc(C=CC(O)c2ccc(OCc3ccccc3)cc2OCc2ccccc2)c(-c2ccccc2OCc2ccccc2)c1. The zero-order chi connectivity index (χ0) is 34.4. The van der Waals surface area contributed by atoms with Gasteiger partial charge in [0.25, 0.3) is 0 Å². The molecule has 6 aromatic carbocycles. The van der Waals surface area contributed by atoms with Crippen LogP contribution in [-0.2, 0) is 19.8 Å². The fourth-order valence-corrected chi connectivity index (χ4v) is 5.43. The number of rotatable bonds is 15. The number of allylic oxidation sites excluding steroid dienone is 1. The molecule has 0 amide bonds. The fourth-order valence-electron chi connectivity index (χ4n) is 5.43. The van der Waals surface area contributed by atoms with Gasteiger partial charge in [0.15, 0.2) is 0 Å². The van der Waals surface area contributed by atoms with Gasteiger partial charge >= 0.3 is 0 Å². The Morgan fingerprint density at radius 1 is 0.540 bits per heavy atom. The molecule has 0 saturated heterocycles. The first-order valence-corrected chi connectivity index (χ1v) is 16.7. The van der Waals surface area contributed by atoms with E-state index in [4.69, 9.17) is 18.9 Å². The molecule has 6 rings (SSSR count). The van der Waals surface area contributed by atoms with E-state index in [0.717, 1.165) is 39.1 Å². The molecule has 0 bridgehead atoms. The molecule has 5 nitrogen and oxygen atoms in total. The average Bonchev–Trinajstić information content (AvgIpc) is 3.18. The molecule has 6 aromatic rings. The molecule has 0 aliphatic rings. The van der Waals surface area contributed by atoms with Crippen LogP contribution in [0.5, 0.6) is 23.0 Å². The van der Waals surface area contributed by atoms with Gasteiger partial charge in [0, 0.05) is 17.2 Å². The Labute approximate surface area is 294 Å². The van der Waals surface area contributed by atoms with Crippen molar-refractivity contribution >= 4 is 6.08 Å². The molecular weight excluding hydrogens is 620 g/mol. The summed E-state index contributed by atoms with van der Waals surface area (Å²) in [7, 11) is 0. The summed E-state index contributed by atoms with van der Waals surface area (Å²) in [4.78, 5) is 0. The van der Waals surface area contributed by atoms with E-state index in [1.165, 1.54) is 0 Å². The summed E-state index contributed by atoms with van der Waals surface area (Å²) >= 11 is 0. The van der Waals surface area contributed by atoms with Crippen molar-refractivity contribution in [1.82, 2.24) is 0 Å². The van der Waals surface area contributed by atoms with E-state index in [9.17, 15) is 5.11 Å². The van der Waals surface area contributed by atoms with Crippen LogP contribution in [0.15, 0.2) is 170 Å².